The molecule has 3 aromatic rings. The Labute approximate surface area is 198 Å². The first kappa shape index (κ1) is 24.2. The Morgan fingerprint density at radius 2 is 1.97 bits per heavy atom. The van der Waals surface area contributed by atoms with Crippen LogP contribution in [0.4, 0.5) is 5.69 Å². The Balaban J connectivity index is 1.66. The van der Waals surface area contributed by atoms with E-state index in [1.165, 1.54) is 11.8 Å². The number of nitrogens with zero attached hydrogens (tertiary/aromatic N) is 3. The number of carbonyl (C=O) groups excluding carboxylic acids is 1. The first-order valence-corrected chi connectivity index (χ1v) is 11.3. The van der Waals surface area contributed by atoms with Crippen molar-refractivity contribution in [2.45, 2.75) is 32.2 Å². The molecule has 0 unspecified atom stereocenters. The second-order valence-electron chi connectivity index (χ2n) is 7.19. The lowest BCUT2D eigenvalue weighted by molar-refractivity contribution is -0.113. The summed E-state index contributed by atoms with van der Waals surface area (Å²) in [7, 11) is 3.11. The average Bonchev–Trinajstić information content (AvgIpc) is 3.20. The van der Waals surface area contributed by atoms with E-state index in [2.05, 4.69) is 22.1 Å². The van der Waals surface area contributed by atoms with E-state index < -0.39 is 0 Å². The number of hydrogen-bond donors (Lipinski definition) is 1. The lowest BCUT2D eigenvalue weighted by Crippen LogP contribution is -2.15. The summed E-state index contributed by atoms with van der Waals surface area (Å²) in [5.41, 5.74) is 2.79. The summed E-state index contributed by atoms with van der Waals surface area (Å²) < 4.78 is 18.4. The number of nitrogens with one attached hydrogen (secondary N) is 1. The van der Waals surface area contributed by atoms with Crippen LogP contribution < -0.4 is 19.5 Å². The van der Waals surface area contributed by atoms with Crippen molar-refractivity contribution in [3.8, 4) is 17.2 Å². The number of aryl methyl sites for hydroxylation is 1. The number of aromatic nitrogens is 3. The summed E-state index contributed by atoms with van der Waals surface area (Å²) >= 11 is 1.29. The molecule has 8 nitrogen and oxygen atoms in total. The molecule has 0 saturated carbocycles. The van der Waals surface area contributed by atoms with Crippen molar-refractivity contribution >= 4 is 23.4 Å². The van der Waals surface area contributed by atoms with Gasteiger partial charge in [0.2, 0.25) is 5.91 Å². The summed E-state index contributed by atoms with van der Waals surface area (Å²) in [6.07, 6.45) is 1.76. The van der Waals surface area contributed by atoms with Crippen molar-refractivity contribution in [1.82, 2.24) is 14.8 Å². The Bertz CT molecular complexity index is 1130. The lowest BCUT2D eigenvalue weighted by atomic mass is 10.1. The second-order valence-corrected chi connectivity index (χ2v) is 8.13. The van der Waals surface area contributed by atoms with E-state index in [0.29, 0.717) is 34.7 Å². The summed E-state index contributed by atoms with van der Waals surface area (Å²) in [4.78, 5) is 12.6. The fourth-order valence-corrected chi connectivity index (χ4v) is 3.86. The number of methoxy groups -OCH3 is 2. The molecule has 9 heteroatoms. The Kier molecular flexibility index (Phi) is 8.37. The molecule has 1 N–H and O–H groups in total. The maximum Gasteiger partial charge on any atom is 0.234 e. The van der Waals surface area contributed by atoms with Gasteiger partial charge in [0, 0.05) is 12.6 Å². The predicted octanol–water partition coefficient (Wildman–Crippen LogP) is 4.41. The van der Waals surface area contributed by atoms with Gasteiger partial charge in [0.25, 0.3) is 0 Å². The highest BCUT2D eigenvalue weighted by Gasteiger charge is 2.16. The molecular formula is C24H28N4O4S. The molecule has 2 aromatic carbocycles. The van der Waals surface area contributed by atoms with Gasteiger partial charge < -0.3 is 19.5 Å². The number of hydrogen-bond acceptors (Lipinski definition) is 7. The first-order chi connectivity index (χ1) is 16.0. The van der Waals surface area contributed by atoms with Crippen LogP contribution in [0, 0.1) is 13.8 Å². The highest BCUT2D eigenvalue weighted by molar-refractivity contribution is 7.99. The molecule has 0 spiro atoms. The molecule has 0 fully saturated rings. The fraction of sp³-hybridized carbons (Fsp3) is 0.292. The van der Waals surface area contributed by atoms with E-state index in [4.69, 9.17) is 14.2 Å². The zero-order valence-corrected chi connectivity index (χ0v) is 20.1. The molecule has 0 bridgehead atoms. The number of benzene rings is 2. The molecule has 0 radical (unpaired) electrons. The van der Waals surface area contributed by atoms with Crippen molar-refractivity contribution in [3.63, 3.8) is 0 Å². The molecular weight excluding hydrogens is 440 g/mol. The van der Waals surface area contributed by atoms with Crippen LogP contribution in [0.2, 0.25) is 0 Å². The quantitative estimate of drug-likeness (QED) is 0.329. The molecule has 0 atom stereocenters. The second kappa shape index (κ2) is 11.4. The largest absolute Gasteiger partial charge is 0.497 e. The van der Waals surface area contributed by atoms with Gasteiger partial charge in [0.05, 0.1) is 25.7 Å². The van der Waals surface area contributed by atoms with E-state index in [1.54, 1.807) is 38.5 Å². The van der Waals surface area contributed by atoms with Crippen LogP contribution in [-0.4, -0.2) is 40.6 Å². The third-order valence-corrected chi connectivity index (χ3v) is 6.00. The van der Waals surface area contributed by atoms with Gasteiger partial charge >= 0.3 is 0 Å². The summed E-state index contributed by atoms with van der Waals surface area (Å²) in [5, 5.41) is 12.0. The Hall–Kier alpha value is -3.46. The van der Waals surface area contributed by atoms with Crippen LogP contribution in [0.15, 0.2) is 54.2 Å². The average molecular weight is 469 g/mol. The van der Waals surface area contributed by atoms with E-state index >= 15 is 0 Å². The highest BCUT2D eigenvalue weighted by Crippen LogP contribution is 2.29. The highest BCUT2D eigenvalue weighted by atomic mass is 32.2. The van der Waals surface area contributed by atoms with E-state index in [0.717, 1.165) is 16.9 Å². The van der Waals surface area contributed by atoms with Crippen molar-refractivity contribution < 1.29 is 19.0 Å². The van der Waals surface area contributed by atoms with Crippen LogP contribution in [0.1, 0.15) is 17.0 Å². The fourth-order valence-electron chi connectivity index (χ4n) is 3.10. The molecule has 0 aliphatic heterocycles. The van der Waals surface area contributed by atoms with Gasteiger partial charge in [0.15, 0.2) is 11.0 Å². The van der Waals surface area contributed by atoms with Crippen LogP contribution in [0.25, 0.3) is 0 Å². The maximum atomic E-state index is 12.6. The Morgan fingerprint density at radius 1 is 1.15 bits per heavy atom. The standard InChI is InChI=1S/C24H28N4O4S/c1-6-12-28-22(14-32-20-9-7-8-16(2)17(20)3)26-27-24(28)33-15-23(29)25-19-13-18(30-4)10-11-21(19)31-5/h6-11,13H,1,12,14-15H2,2-5H3,(H,25,29). The number of ether oxygens (including phenoxy) is 3. The van der Waals surface area contributed by atoms with Crippen LogP contribution in [0.3, 0.4) is 0 Å². The van der Waals surface area contributed by atoms with Gasteiger partial charge in [-0.25, -0.2) is 0 Å². The van der Waals surface area contributed by atoms with Crippen molar-refractivity contribution in [3.05, 3.63) is 66.0 Å². The van der Waals surface area contributed by atoms with Crippen LogP contribution in [-0.2, 0) is 17.9 Å². The van der Waals surface area contributed by atoms with Crippen LogP contribution >= 0.6 is 11.8 Å². The zero-order valence-electron chi connectivity index (χ0n) is 19.3. The van der Waals surface area contributed by atoms with Crippen molar-refractivity contribution in [2.75, 3.05) is 25.3 Å². The van der Waals surface area contributed by atoms with Crippen molar-refractivity contribution in [1.29, 1.82) is 0 Å². The predicted molar refractivity (Wildman–Crippen MR) is 129 cm³/mol. The van der Waals surface area contributed by atoms with Gasteiger partial charge in [0.1, 0.15) is 23.9 Å². The number of thioether (sulfide) groups is 1. The summed E-state index contributed by atoms with van der Waals surface area (Å²) in [5.74, 6) is 2.59. The molecule has 1 amide bonds. The summed E-state index contributed by atoms with van der Waals surface area (Å²) in [6, 6.07) is 11.2. The number of anilines is 1. The smallest absolute Gasteiger partial charge is 0.234 e. The topological polar surface area (TPSA) is 87.5 Å². The van der Waals surface area contributed by atoms with Gasteiger partial charge in [-0.15, -0.1) is 16.8 Å². The molecule has 1 heterocycles. The maximum absolute atomic E-state index is 12.6. The first-order valence-electron chi connectivity index (χ1n) is 10.3. The van der Waals surface area contributed by atoms with Gasteiger partial charge in [-0.1, -0.05) is 30.0 Å². The number of amides is 1. The van der Waals surface area contributed by atoms with Crippen molar-refractivity contribution in [2.24, 2.45) is 0 Å². The minimum atomic E-state index is -0.201. The molecule has 0 saturated heterocycles. The lowest BCUT2D eigenvalue weighted by Gasteiger charge is -2.12. The number of rotatable bonds is 11. The molecule has 0 aliphatic carbocycles. The SMILES string of the molecule is C=CCn1c(COc2cccc(C)c2C)nnc1SCC(=O)Nc1cc(OC)ccc1OC. The molecule has 33 heavy (non-hydrogen) atoms. The van der Waals surface area contributed by atoms with Gasteiger partial charge in [-0.05, 0) is 43.2 Å². The van der Waals surface area contributed by atoms with Gasteiger partial charge in [-0.2, -0.15) is 0 Å². The normalized spacial score (nSPS) is 10.5. The number of carbonyl (C=O) groups is 1. The minimum Gasteiger partial charge on any atom is -0.497 e. The van der Waals surface area contributed by atoms with Gasteiger partial charge in [-0.3, -0.25) is 9.36 Å². The van der Waals surface area contributed by atoms with E-state index in [1.807, 2.05) is 36.6 Å². The van der Waals surface area contributed by atoms with E-state index in [-0.39, 0.29) is 18.3 Å². The van der Waals surface area contributed by atoms with Crippen LogP contribution in [0.5, 0.6) is 17.2 Å². The zero-order chi connectivity index (χ0) is 23.8. The monoisotopic (exact) mass is 468 g/mol. The third-order valence-electron chi connectivity index (χ3n) is 5.03. The molecule has 174 valence electrons. The molecule has 3 rings (SSSR count). The van der Waals surface area contributed by atoms with E-state index in [9.17, 15) is 4.79 Å². The summed E-state index contributed by atoms with van der Waals surface area (Å²) in [6.45, 7) is 8.65. The third kappa shape index (κ3) is 6.07. The minimum absolute atomic E-state index is 0.146. The Morgan fingerprint density at radius 3 is 2.70 bits per heavy atom. The molecule has 0 aliphatic rings. The number of allylic oxidation sites excluding steroid dienone is 1. The molecule has 1 aromatic heterocycles.